The van der Waals surface area contributed by atoms with Gasteiger partial charge in [0.2, 0.25) is 0 Å². The topological polar surface area (TPSA) is 58.4 Å². The standard InChI is InChI=1S/C23H22N4O/c1-15-8-11-18(12-9-15)24-23(28)26-22-21(19-7-5-4-6-17(19)3)25-20-13-10-16(2)14-27(20)22/h4-14H,1-3H3,(H2,24,26,28). The zero-order valence-corrected chi connectivity index (χ0v) is 16.2. The number of aryl methyl sites for hydroxylation is 3. The third kappa shape index (κ3) is 3.47. The van der Waals surface area contributed by atoms with Gasteiger partial charge in [0.05, 0.1) is 0 Å². The summed E-state index contributed by atoms with van der Waals surface area (Å²) < 4.78 is 1.92. The molecule has 0 radical (unpaired) electrons. The van der Waals surface area contributed by atoms with E-state index in [0.717, 1.165) is 39.3 Å². The van der Waals surface area contributed by atoms with Gasteiger partial charge >= 0.3 is 6.03 Å². The fourth-order valence-corrected chi connectivity index (χ4v) is 3.20. The van der Waals surface area contributed by atoms with Crippen LogP contribution in [0.5, 0.6) is 0 Å². The average Bonchev–Trinajstić information content (AvgIpc) is 3.01. The highest BCUT2D eigenvalue weighted by Crippen LogP contribution is 2.31. The summed E-state index contributed by atoms with van der Waals surface area (Å²) in [7, 11) is 0. The molecule has 5 heteroatoms. The minimum Gasteiger partial charge on any atom is -0.308 e. The molecule has 0 aliphatic carbocycles. The molecule has 2 N–H and O–H groups in total. The molecule has 0 atom stereocenters. The number of pyridine rings is 1. The van der Waals surface area contributed by atoms with Gasteiger partial charge in [-0.05, 0) is 50.1 Å². The van der Waals surface area contributed by atoms with E-state index in [9.17, 15) is 4.79 Å². The van der Waals surface area contributed by atoms with Crippen molar-refractivity contribution < 1.29 is 4.79 Å². The average molecular weight is 370 g/mol. The number of nitrogens with zero attached hydrogens (tertiary/aromatic N) is 2. The Morgan fingerprint density at radius 1 is 0.857 bits per heavy atom. The summed E-state index contributed by atoms with van der Waals surface area (Å²) in [5, 5.41) is 5.89. The van der Waals surface area contributed by atoms with Crippen molar-refractivity contribution in [2.45, 2.75) is 20.8 Å². The summed E-state index contributed by atoms with van der Waals surface area (Å²) in [6, 6.07) is 19.4. The fourth-order valence-electron chi connectivity index (χ4n) is 3.20. The number of fused-ring (bicyclic) bond motifs is 1. The molecule has 4 rings (SSSR count). The van der Waals surface area contributed by atoms with Gasteiger partial charge in [0.25, 0.3) is 0 Å². The number of benzene rings is 2. The van der Waals surface area contributed by atoms with E-state index in [1.165, 1.54) is 0 Å². The van der Waals surface area contributed by atoms with Crippen LogP contribution in [-0.4, -0.2) is 15.4 Å². The van der Waals surface area contributed by atoms with Gasteiger partial charge in [-0.3, -0.25) is 9.72 Å². The van der Waals surface area contributed by atoms with E-state index in [2.05, 4.69) is 10.6 Å². The highest BCUT2D eigenvalue weighted by Gasteiger charge is 2.18. The number of nitrogens with one attached hydrogen (secondary N) is 2. The van der Waals surface area contributed by atoms with E-state index >= 15 is 0 Å². The Kier molecular flexibility index (Phi) is 4.57. The molecule has 0 spiro atoms. The number of imidazole rings is 1. The normalized spacial score (nSPS) is 10.8. The second kappa shape index (κ2) is 7.19. The summed E-state index contributed by atoms with van der Waals surface area (Å²) in [6.07, 6.45) is 1.98. The van der Waals surface area contributed by atoms with Gasteiger partial charge < -0.3 is 5.32 Å². The molecule has 0 aliphatic heterocycles. The Hall–Kier alpha value is -3.60. The molecule has 140 valence electrons. The van der Waals surface area contributed by atoms with Crippen LogP contribution in [0.15, 0.2) is 66.9 Å². The molecule has 0 unspecified atom stereocenters. The predicted molar refractivity (Wildman–Crippen MR) is 114 cm³/mol. The van der Waals surface area contributed by atoms with Gasteiger partial charge in [-0.2, -0.15) is 0 Å². The summed E-state index contributed by atoms with van der Waals surface area (Å²) in [4.78, 5) is 17.5. The van der Waals surface area contributed by atoms with E-state index in [4.69, 9.17) is 4.98 Å². The third-order valence-corrected chi connectivity index (χ3v) is 4.71. The number of amides is 2. The third-order valence-electron chi connectivity index (χ3n) is 4.71. The van der Waals surface area contributed by atoms with Crippen LogP contribution >= 0.6 is 0 Å². The van der Waals surface area contributed by atoms with Crippen LogP contribution < -0.4 is 10.6 Å². The molecule has 0 aliphatic rings. The quantitative estimate of drug-likeness (QED) is 0.495. The maximum absolute atomic E-state index is 12.7. The molecule has 4 aromatic rings. The molecule has 0 saturated heterocycles. The maximum Gasteiger partial charge on any atom is 0.324 e. The lowest BCUT2D eigenvalue weighted by Gasteiger charge is -2.11. The molecule has 0 fully saturated rings. The van der Waals surface area contributed by atoms with Crippen molar-refractivity contribution >= 4 is 23.2 Å². The van der Waals surface area contributed by atoms with E-state index in [1.807, 2.05) is 92.0 Å². The van der Waals surface area contributed by atoms with Crippen LogP contribution in [0, 0.1) is 20.8 Å². The SMILES string of the molecule is Cc1ccc(NC(=O)Nc2c(-c3ccccc3C)nc3ccc(C)cn23)cc1. The first-order valence-electron chi connectivity index (χ1n) is 9.20. The smallest absolute Gasteiger partial charge is 0.308 e. The first-order chi connectivity index (χ1) is 13.5. The number of hydrogen-bond acceptors (Lipinski definition) is 2. The monoisotopic (exact) mass is 370 g/mol. The number of urea groups is 1. The number of hydrogen-bond donors (Lipinski definition) is 2. The van der Waals surface area contributed by atoms with Crippen molar-refractivity contribution in [2.24, 2.45) is 0 Å². The van der Waals surface area contributed by atoms with Gasteiger partial charge in [0, 0.05) is 17.4 Å². The lowest BCUT2D eigenvalue weighted by Crippen LogP contribution is -2.20. The van der Waals surface area contributed by atoms with Gasteiger partial charge in [0.1, 0.15) is 17.2 Å². The fraction of sp³-hybridized carbons (Fsp3) is 0.130. The molecule has 2 aromatic heterocycles. The second-order valence-electron chi connectivity index (χ2n) is 7.00. The van der Waals surface area contributed by atoms with E-state index in [-0.39, 0.29) is 6.03 Å². The number of carbonyl (C=O) groups excluding carboxylic acids is 1. The van der Waals surface area contributed by atoms with Crippen molar-refractivity contribution in [3.8, 4) is 11.3 Å². The summed E-state index contributed by atoms with van der Waals surface area (Å²) in [6.45, 7) is 6.07. The van der Waals surface area contributed by atoms with Gasteiger partial charge in [-0.1, -0.05) is 48.0 Å². The molecule has 0 bridgehead atoms. The predicted octanol–water partition coefficient (Wildman–Crippen LogP) is 5.57. The highest BCUT2D eigenvalue weighted by molar-refractivity contribution is 6.02. The number of rotatable bonds is 3. The second-order valence-corrected chi connectivity index (χ2v) is 7.00. The van der Waals surface area contributed by atoms with Crippen LogP contribution in [0.25, 0.3) is 16.9 Å². The van der Waals surface area contributed by atoms with Crippen molar-refractivity contribution in [3.63, 3.8) is 0 Å². The maximum atomic E-state index is 12.7. The number of anilines is 2. The molecule has 28 heavy (non-hydrogen) atoms. The van der Waals surface area contributed by atoms with Crippen LogP contribution in [-0.2, 0) is 0 Å². The van der Waals surface area contributed by atoms with Gasteiger partial charge in [-0.25, -0.2) is 9.78 Å². The highest BCUT2D eigenvalue weighted by atomic mass is 16.2. The van der Waals surface area contributed by atoms with Crippen LogP contribution in [0.1, 0.15) is 16.7 Å². The van der Waals surface area contributed by atoms with Crippen LogP contribution in [0.2, 0.25) is 0 Å². The lowest BCUT2D eigenvalue weighted by molar-refractivity contribution is 0.262. The first kappa shape index (κ1) is 17.8. The van der Waals surface area contributed by atoms with E-state index in [0.29, 0.717) is 5.82 Å². The first-order valence-corrected chi connectivity index (χ1v) is 9.20. The molecule has 2 heterocycles. The minimum absolute atomic E-state index is 0.304. The number of aromatic nitrogens is 2. The number of carbonyl (C=O) groups is 1. The van der Waals surface area contributed by atoms with Gasteiger partial charge in [0.15, 0.2) is 0 Å². The molecular weight excluding hydrogens is 348 g/mol. The molecular formula is C23H22N4O. The Morgan fingerprint density at radius 3 is 2.32 bits per heavy atom. The Bertz CT molecular complexity index is 1160. The largest absolute Gasteiger partial charge is 0.324 e. The minimum atomic E-state index is -0.304. The summed E-state index contributed by atoms with van der Waals surface area (Å²) in [5.74, 6) is 0.651. The Labute approximate surface area is 164 Å². The molecule has 5 nitrogen and oxygen atoms in total. The summed E-state index contributed by atoms with van der Waals surface area (Å²) >= 11 is 0. The zero-order valence-electron chi connectivity index (χ0n) is 16.2. The van der Waals surface area contributed by atoms with Gasteiger partial charge in [-0.15, -0.1) is 0 Å². The summed E-state index contributed by atoms with van der Waals surface area (Å²) in [5.41, 5.74) is 6.61. The molecule has 2 amide bonds. The van der Waals surface area contributed by atoms with Crippen molar-refractivity contribution in [1.82, 2.24) is 9.38 Å². The van der Waals surface area contributed by atoms with Crippen LogP contribution in [0.4, 0.5) is 16.3 Å². The lowest BCUT2D eigenvalue weighted by atomic mass is 10.1. The zero-order chi connectivity index (χ0) is 19.7. The van der Waals surface area contributed by atoms with Crippen LogP contribution in [0.3, 0.4) is 0 Å². The Balaban J connectivity index is 1.75. The molecule has 0 saturated carbocycles. The van der Waals surface area contributed by atoms with Crippen molar-refractivity contribution in [1.29, 1.82) is 0 Å². The van der Waals surface area contributed by atoms with Crippen molar-refractivity contribution in [3.05, 3.63) is 83.6 Å². The Morgan fingerprint density at radius 2 is 1.57 bits per heavy atom. The van der Waals surface area contributed by atoms with E-state index < -0.39 is 0 Å². The molecule has 2 aromatic carbocycles. The van der Waals surface area contributed by atoms with Crippen molar-refractivity contribution in [2.75, 3.05) is 10.6 Å². The van der Waals surface area contributed by atoms with E-state index in [1.54, 1.807) is 0 Å².